The van der Waals surface area contributed by atoms with Crippen molar-refractivity contribution in [3.8, 4) is 5.75 Å². The Bertz CT molecular complexity index is 1530. The smallest absolute Gasteiger partial charge is 0.311 e. The summed E-state index contributed by atoms with van der Waals surface area (Å²) < 4.78 is 7.68. The van der Waals surface area contributed by atoms with Crippen LogP contribution >= 0.6 is 0 Å². The second-order valence-corrected chi connectivity index (χ2v) is 11.9. The number of ether oxygens (including phenoxy) is 1. The first-order valence-corrected chi connectivity index (χ1v) is 13.3. The van der Waals surface area contributed by atoms with Crippen molar-refractivity contribution in [3.05, 3.63) is 106 Å². The molecule has 4 rings (SSSR count). The van der Waals surface area contributed by atoms with E-state index in [1.165, 1.54) is 5.56 Å². The number of hydrogen-bond donors (Lipinski definition) is 1. The number of carbonyl (C=O) groups excluding carboxylic acids is 1. The SMILES string of the molecule is CC(C)(C)CC(C)(C)c1ccc(OCC(=O)N/N=C/c2cn(Cc3ccccc3)c3ccccc23)c([N+](=O)[O-])c1. The quantitative estimate of drug-likeness (QED) is 0.135. The predicted octanol–water partition coefficient (Wildman–Crippen LogP) is 6.84. The fourth-order valence-corrected chi connectivity index (χ4v) is 5.27. The van der Waals surface area contributed by atoms with E-state index in [0.29, 0.717) is 6.54 Å². The molecule has 0 saturated carbocycles. The van der Waals surface area contributed by atoms with Crippen molar-refractivity contribution < 1.29 is 14.5 Å². The molecule has 0 aliphatic heterocycles. The van der Waals surface area contributed by atoms with E-state index < -0.39 is 17.4 Å². The maximum absolute atomic E-state index is 12.5. The molecule has 0 radical (unpaired) electrons. The molecule has 4 aromatic rings. The standard InChI is InChI=1S/C32H36N4O4/c1-31(2,3)22-32(4,5)25-15-16-29(28(17-25)36(38)39)40-21-30(37)34-33-18-24-20-35(19-23-11-7-6-8-12-23)27-14-10-9-13-26(24)27/h6-18,20H,19,21-22H2,1-5H3,(H,34,37)/b33-18+. The number of nitrogens with zero attached hydrogens (tertiary/aromatic N) is 3. The fraction of sp³-hybridized carbons (Fsp3) is 0.312. The molecule has 1 aromatic heterocycles. The summed E-state index contributed by atoms with van der Waals surface area (Å²) in [6, 6.07) is 23.1. The summed E-state index contributed by atoms with van der Waals surface area (Å²) in [5.74, 6) is -0.473. The molecule has 1 amide bonds. The summed E-state index contributed by atoms with van der Waals surface area (Å²) in [5, 5.41) is 16.9. The van der Waals surface area contributed by atoms with Gasteiger partial charge in [-0.1, -0.05) is 89.2 Å². The minimum absolute atomic E-state index is 0.0448. The van der Waals surface area contributed by atoms with Crippen molar-refractivity contribution in [3.63, 3.8) is 0 Å². The lowest BCUT2D eigenvalue weighted by Crippen LogP contribution is -2.26. The number of aromatic nitrogens is 1. The van der Waals surface area contributed by atoms with Crippen molar-refractivity contribution in [2.45, 2.75) is 53.0 Å². The Labute approximate surface area is 234 Å². The Kier molecular flexibility index (Phi) is 8.38. The average Bonchev–Trinajstić information content (AvgIpc) is 3.23. The van der Waals surface area contributed by atoms with Gasteiger partial charge < -0.3 is 9.30 Å². The molecule has 0 atom stereocenters. The van der Waals surface area contributed by atoms with Gasteiger partial charge in [-0.3, -0.25) is 14.9 Å². The number of fused-ring (bicyclic) bond motifs is 1. The first-order valence-electron chi connectivity index (χ1n) is 13.3. The average molecular weight is 541 g/mol. The van der Waals surface area contributed by atoms with E-state index in [2.05, 4.69) is 61.8 Å². The second-order valence-electron chi connectivity index (χ2n) is 11.9. The van der Waals surface area contributed by atoms with Crippen molar-refractivity contribution >= 4 is 28.7 Å². The summed E-state index contributed by atoms with van der Waals surface area (Å²) in [4.78, 5) is 23.8. The molecule has 0 aliphatic rings. The molecular formula is C32H36N4O4. The Morgan fingerprint density at radius 2 is 1.73 bits per heavy atom. The molecule has 1 N–H and O–H groups in total. The van der Waals surface area contributed by atoms with Gasteiger partial charge in [-0.25, -0.2) is 5.43 Å². The summed E-state index contributed by atoms with van der Waals surface area (Å²) >= 11 is 0. The zero-order valence-electron chi connectivity index (χ0n) is 23.7. The van der Waals surface area contributed by atoms with Crippen LogP contribution in [-0.4, -0.2) is 28.2 Å². The maximum Gasteiger partial charge on any atom is 0.311 e. The molecule has 40 heavy (non-hydrogen) atoms. The third kappa shape index (κ3) is 7.14. The van der Waals surface area contributed by atoms with E-state index in [1.54, 1.807) is 18.3 Å². The second kappa shape index (κ2) is 11.7. The first kappa shape index (κ1) is 28.5. The number of benzene rings is 3. The van der Waals surface area contributed by atoms with Gasteiger partial charge in [0.25, 0.3) is 5.91 Å². The molecule has 0 fully saturated rings. The summed E-state index contributed by atoms with van der Waals surface area (Å²) in [5.41, 5.74) is 6.03. The molecule has 3 aromatic carbocycles. The van der Waals surface area contributed by atoms with Crippen LogP contribution in [0.1, 0.15) is 57.7 Å². The van der Waals surface area contributed by atoms with Crippen LogP contribution < -0.4 is 10.2 Å². The van der Waals surface area contributed by atoms with Gasteiger partial charge in [-0.15, -0.1) is 0 Å². The Balaban J connectivity index is 1.42. The van der Waals surface area contributed by atoms with Gasteiger partial charge in [0.15, 0.2) is 12.4 Å². The minimum Gasteiger partial charge on any atom is -0.477 e. The number of amides is 1. The van der Waals surface area contributed by atoms with Crippen LogP contribution in [0.15, 0.2) is 84.1 Å². The van der Waals surface area contributed by atoms with Crippen LogP contribution in [0.25, 0.3) is 10.9 Å². The third-order valence-corrected chi connectivity index (χ3v) is 6.68. The van der Waals surface area contributed by atoms with E-state index in [-0.39, 0.29) is 22.3 Å². The van der Waals surface area contributed by atoms with Crippen LogP contribution in [-0.2, 0) is 16.8 Å². The van der Waals surface area contributed by atoms with Gasteiger partial charge in [0.1, 0.15) is 0 Å². The van der Waals surface area contributed by atoms with E-state index in [4.69, 9.17) is 4.74 Å². The van der Waals surface area contributed by atoms with Gasteiger partial charge in [-0.2, -0.15) is 5.10 Å². The molecule has 0 spiro atoms. The highest BCUT2D eigenvalue weighted by Crippen LogP contribution is 2.39. The van der Waals surface area contributed by atoms with Gasteiger partial charge in [-0.05, 0) is 40.5 Å². The lowest BCUT2D eigenvalue weighted by molar-refractivity contribution is -0.385. The number of nitrogens with one attached hydrogen (secondary N) is 1. The third-order valence-electron chi connectivity index (χ3n) is 6.68. The van der Waals surface area contributed by atoms with Crippen molar-refractivity contribution in [1.29, 1.82) is 0 Å². The van der Waals surface area contributed by atoms with Crippen LogP contribution in [0.2, 0.25) is 0 Å². The molecule has 208 valence electrons. The molecule has 1 heterocycles. The zero-order valence-corrected chi connectivity index (χ0v) is 23.7. The van der Waals surface area contributed by atoms with Crippen LogP contribution in [0.4, 0.5) is 5.69 Å². The molecule has 0 aliphatic carbocycles. The highest BCUT2D eigenvalue weighted by Gasteiger charge is 2.30. The number of rotatable bonds is 10. The lowest BCUT2D eigenvalue weighted by Gasteiger charge is -2.33. The minimum atomic E-state index is -0.518. The van der Waals surface area contributed by atoms with Gasteiger partial charge in [0.05, 0.1) is 11.1 Å². The predicted molar refractivity (Wildman–Crippen MR) is 159 cm³/mol. The van der Waals surface area contributed by atoms with Crippen molar-refractivity contribution in [2.75, 3.05) is 6.61 Å². The number of nitro groups is 1. The highest BCUT2D eigenvalue weighted by atomic mass is 16.6. The van der Waals surface area contributed by atoms with Crippen LogP contribution in [0.5, 0.6) is 5.75 Å². The number of para-hydroxylation sites is 1. The maximum atomic E-state index is 12.5. The lowest BCUT2D eigenvalue weighted by atomic mass is 9.72. The normalized spacial score (nSPS) is 12.1. The van der Waals surface area contributed by atoms with Crippen LogP contribution in [0.3, 0.4) is 0 Å². The number of nitro benzene ring substituents is 1. The number of hydrogen-bond acceptors (Lipinski definition) is 5. The topological polar surface area (TPSA) is 98.8 Å². The number of carbonyl (C=O) groups is 1. The van der Waals surface area contributed by atoms with E-state index in [1.807, 2.05) is 54.7 Å². The van der Waals surface area contributed by atoms with E-state index in [9.17, 15) is 14.9 Å². The first-order chi connectivity index (χ1) is 18.9. The Morgan fingerprint density at radius 3 is 2.42 bits per heavy atom. The molecule has 8 nitrogen and oxygen atoms in total. The summed E-state index contributed by atoms with van der Waals surface area (Å²) in [7, 11) is 0. The van der Waals surface area contributed by atoms with Gasteiger partial charge >= 0.3 is 5.69 Å². The Morgan fingerprint density at radius 1 is 1.02 bits per heavy atom. The monoisotopic (exact) mass is 540 g/mol. The van der Waals surface area contributed by atoms with Gasteiger partial charge in [0, 0.05) is 35.3 Å². The highest BCUT2D eigenvalue weighted by molar-refractivity contribution is 5.99. The molecular weight excluding hydrogens is 504 g/mol. The van der Waals surface area contributed by atoms with Gasteiger partial charge in [0.2, 0.25) is 0 Å². The van der Waals surface area contributed by atoms with Crippen molar-refractivity contribution in [2.24, 2.45) is 10.5 Å². The molecule has 0 saturated heterocycles. The molecule has 0 bridgehead atoms. The Hall–Kier alpha value is -4.46. The largest absolute Gasteiger partial charge is 0.477 e. The fourth-order valence-electron chi connectivity index (χ4n) is 5.27. The van der Waals surface area contributed by atoms with E-state index >= 15 is 0 Å². The van der Waals surface area contributed by atoms with E-state index in [0.717, 1.165) is 28.5 Å². The van der Waals surface area contributed by atoms with Crippen molar-refractivity contribution in [1.82, 2.24) is 9.99 Å². The number of hydrazone groups is 1. The summed E-state index contributed by atoms with van der Waals surface area (Å²) in [6.07, 6.45) is 4.44. The molecule has 0 unspecified atom stereocenters. The molecule has 8 heteroatoms. The zero-order chi connectivity index (χ0) is 28.9. The van der Waals surface area contributed by atoms with Crippen LogP contribution in [0, 0.1) is 15.5 Å². The summed E-state index contributed by atoms with van der Waals surface area (Å²) in [6.45, 7) is 10.9.